The first-order chi connectivity index (χ1) is 6.50. The topological polar surface area (TPSA) is 55.1 Å². The molecular weight excluding hydrogens is 183 g/mol. The predicted molar refractivity (Wildman–Crippen MR) is 52.0 cm³/mol. The molecule has 1 aromatic carbocycles. The number of nitrogens with two attached hydrogens (primary N) is 1. The number of primary amides is 1. The Labute approximate surface area is 82.1 Å². The number of carbonyl (C=O) groups excluding carboxylic acids is 1. The predicted octanol–water partition coefficient (Wildman–Crippen LogP) is 0.746. The van der Waals surface area contributed by atoms with E-state index in [1.807, 2.05) is 0 Å². The quantitative estimate of drug-likeness (QED) is 0.749. The van der Waals surface area contributed by atoms with Gasteiger partial charge >= 0.3 is 0 Å². The highest BCUT2D eigenvalue weighted by molar-refractivity contribution is 5.85. The maximum atomic E-state index is 12.6. The molecule has 0 spiro atoms. The molecular formula is C10H13FN2O. The molecule has 1 rings (SSSR count). The molecule has 0 saturated carbocycles. The van der Waals surface area contributed by atoms with Crippen LogP contribution in [-0.4, -0.2) is 13.0 Å². The van der Waals surface area contributed by atoms with Crippen LogP contribution in [0.1, 0.15) is 12.5 Å². The molecule has 76 valence electrons. The Balaban J connectivity index is 3.13. The molecule has 0 fully saturated rings. The number of halogens is 1. The van der Waals surface area contributed by atoms with Crippen molar-refractivity contribution in [2.75, 3.05) is 7.05 Å². The van der Waals surface area contributed by atoms with Gasteiger partial charge in [-0.1, -0.05) is 12.1 Å². The fourth-order valence-electron chi connectivity index (χ4n) is 1.19. The first-order valence-corrected chi connectivity index (χ1v) is 4.25. The molecule has 3 nitrogen and oxygen atoms in total. The number of hydrogen-bond acceptors (Lipinski definition) is 2. The Morgan fingerprint density at radius 2 is 1.93 bits per heavy atom. The minimum Gasteiger partial charge on any atom is -0.368 e. The van der Waals surface area contributed by atoms with E-state index in [-0.39, 0.29) is 5.82 Å². The molecule has 4 heteroatoms. The summed E-state index contributed by atoms with van der Waals surface area (Å²) in [6.07, 6.45) is 0. The molecule has 3 N–H and O–H groups in total. The minimum absolute atomic E-state index is 0.336. The molecule has 0 bridgehead atoms. The van der Waals surface area contributed by atoms with Gasteiger partial charge in [0.15, 0.2) is 0 Å². The van der Waals surface area contributed by atoms with Crippen LogP contribution in [0.5, 0.6) is 0 Å². The highest BCUT2D eigenvalue weighted by Gasteiger charge is 2.30. The number of hydrogen-bond donors (Lipinski definition) is 2. The van der Waals surface area contributed by atoms with Gasteiger partial charge in [0, 0.05) is 0 Å². The van der Waals surface area contributed by atoms with Gasteiger partial charge in [-0.3, -0.25) is 4.79 Å². The van der Waals surface area contributed by atoms with Crippen molar-refractivity contribution < 1.29 is 9.18 Å². The molecule has 0 aliphatic heterocycles. The average molecular weight is 196 g/mol. The van der Waals surface area contributed by atoms with E-state index < -0.39 is 11.4 Å². The van der Waals surface area contributed by atoms with E-state index >= 15 is 0 Å². The monoisotopic (exact) mass is 196 g/mol. The zero-order chi connectivity index (χ0) is 10.8. The van der Waals surface area contributed by atoms with Crippen molar-refractivity contribution in [3.8, 4) is 0 Å². The third-order valence-corrected chi connectivity index (χ3v) is 2.41. The van der Waals surface area contributed by atoms with Crippen molar-refractivity contribution in [1.82, 2.24) is 5.32 Å². The summed E-state index contributed by atoms with van der Waals surface area (Å²) in [6.45, 7) is 1.66. The normalized spacial score (nSPS) is 14.8. The fraction of sp³-hybridized carbons (Fsp3) is 0.300. The van der Waals surface area contributed by atoms with Crippen LogP contribution in [-0.2, 0) is 10.3 Å². The molecule has 0 aliphatic rings. The molecule has 0 heterocycles. The van der Waals surface area contributed by atoms with Crippen molar-refractivity contribution in [1.29, 1.82) is 0 Å². The van der Waals surface area contributed by atoms with Crippen LogP contribution in [0.25, 0.3) is 0 Å². The first kappa shape index (κ1) is 10.7. The van der Waals surface area contributed by atoms with Gasteiger partial charge in [0.25, 0.3) is 0 Å². The van der Waals surface area contributed by atoms with Crippen LogP contribution < -0.4 is 11.1 Å². The molecule has 0 saturated heterocycles. The van der Waals surface area contributed by atoms with Gasteiger partial charge in [-0.25, -0.2) is 4.39 Å². The molecule has 0 aliphatic carbocycles. The maximum absolute atomic E-state index is 12.6. The van der Waals surface area contributed by atoms with E-state index in [0.29, 0.717) is 5.56 Å². The van der Waals surface area contributed by atoms with E-state index in [9.17, 15) is 9.18 Å². The number of likely N-dealkylation sites (N-methyl/N-ethyl adjacent to an activating group) is 1. The first-order valence-electron chi connectivity index (χ1n) is 4.25. The Kier molecular flexibility index (Phi) is 2.86. The average Bonchev–Trinajstić information content (AvgIpc) is 2.17. The highest BCUT2D eigenvalue weighted by Crippen LogP contribution is 2.19. The standard InChI is InChI=1S/C10H13FN2O/c1-10(13-2,9(12)14)7-3-5-8(11)6-4-7/h3-6,13H,1-2H3,(H2,12,14). The van der Waals surface area contributed by atoms with Crippen molar-refractivity contribution >= 4 is 5.91 Å². The largest absolute Gasteiger partial charge is 0.368 e. The lowest BCUT2D eigenvalue weighted by atomic mass is 9.91. The van der Waals surface area contributed by atoms with Gasteiger partial charge in [0.05, 0.1) is 0 Å². The van der Waals surface area contributed by atoms with Crippen LogP contribution in [0.15, 0.2) is 24.3 Å². The Hall–Kier alpha value is -1.42. The third-order valence-electron chi connectivity index (χ3n) is 2.41. The maximum Gasteiger partial charge on any atom is 0.242 e. The molecule has 1 amide bonds. The molecule has 1 aromatic rings. The van der Waals surface area contributed by atoms with Gasteiger partial charge in [-0.05, 0) is 31.7 Å². The van der Waals surface area contributed by atoms with E-state index in [1.54, 1.807) is 14.0 Å². The SMILES string of the molecule is CNC(C)(C(N)=O)c1ccc(F)cc1. The minimum atomic E-state index is -0.951. The summed E-state index contributed by atoms with van der Waals surface area (Å²) >= 11 is 0. The lowest BCUT2D eigenvalue weighted by molar-refractivity contribution is -0.123. The summed E-state index contributed by atoms with van der Waals surface area (Å²) in [5.41, 5.74) is 4.95. The van der Waals surface area contributed by atoms with Crippen LogP contribution in [0, 0.1) is 5.82 Å². The summed E-state index contributed by atoms with van der Waals surface area (Å²) in [7, 11) is 1.63. The number of benzene rings is 1. The number of amides is 1. The third kappa shape index (κ3) is 1.75. The molecule has 1 unspecified atom stereocenters. The Bertz CT molecular complexity index is 336. The highest BCUT2D eigenvalue weighted by atomic mass is 19.1. The van der Waals surface area contributed by atoms with Gasteiger partial charge in [-0.15, -0.1) is 0 Å². The fourth-order valence-corrected chi connectivity index (χ4v) is 1.19. The van der Waals surface area contributed by atoms with Crippen molar-refractivity contribution in [2.24, 2.45) is 5.73 Å². The second kappa shape index (κ2) is 3.75. The van der Waals surface area contributed by atoms with Crippen molar-refractivity contribution in [3.05, 3.63) is 35.6 Å². The van der Waals surface area contributed by atoms with E-state index in [0.717, 1.165) is 0 Å². The van der Waals surface area contributed by atoms with Crippen LogP contribution in [0.4, 0.5) is 4.39 Å². The summed E-state index contributed by atoms with van der Waals surface area (Å²) in [6, 6.07) is 5.68. The van der Waals surface area contributed by atoms with Crippen molar-refractivity contribution in [2.45, 2.75) is 12.5 Å². The number of carbonyl (C=O) groups is 1. The van der Waals surface area contributed by atoms with Gasteiger partial charge in [-0.2, -0.15) is 0 Å². The summed E-state index contributed by atoms with van der Waals surface area (Å²) in [5.74, 6) is -0.830. The van der Waals surface area contributed by atoms with Gasteiger partial charge in [0.2, 0.25) is 5.91 Å². The number of rotatable bonds is 3. The summed E-state index contributed by atoms with van der Waals surface area (Å²) in [4.78, 5) is 11.2. The number of nitrogens with one attached hydrogen (secondary N) is 1. The van der Waals surface area contributed by atoms with Crippen LogP contribution in [0.3, 0.4) is 0 Å². The Morgan fingerprint density at radius 1 is 1.43 bits per heavy atom. The second-order valence-corrected chi connectivity index (χ2v) is 3.25. The summed E-state index contributed by atoms with van der Waals surface area (Å²) in [5, 5.41) is 2.82. The van der Waals surface area contributed by atoms with Gasteiger partial charge < -0.3 is 11.1 Å². The smallest absolute Gasteiger partial charge is 0.242 e. The zero-order valence-corrected chi connectivity index (χ0v) is 8.17. The van der Waals surface area contributed by atoms with E-state index in [2.05, 4.69) is 5.32 Å². The molecule has 0 radical (unpaired) electrons. The summed E-state index contributed by atoms with van der Waals surface area (Å²) < 4.78 is 12.6. The van der Waals surface area contributed by atoms with Gasteiger partial charge in [0.1, 0.15) is 11.4 Å². The molecule has 14 heavy (non-hydrogen) atoms. The van der Waals surface area contributed by atoms with E-state index in [1.165, 1.54) is 24.3 Å². The zero-order valence-electron chi connectivity index (χ0n) is 8.17. The van der Waals surface area contributed by atoms with Crippen molar-refractivity contribution in [3.63, 3.8) is 0 Å². The lowest BCUT2D eigenvalue weighted by Gasteiger charge is -2.25. The van der Waals surface area contributed by atoms with Crippen LogP contribution >= 0.6 is 0 Å². The molecule has 0 aromatic heterocycles. The Morgan fingerprint density at radius 3 is 2.29 bits per heavy atom. The van der Waals surface area contributed by atoms with E-state index in [4.69, 9.17) is 5.73 Å². The molecule has 1 atom stereocenters. The van der Waals surface area contributed by atoms with Crippen LogP contribution in [0.2, 0.25) is 0 Å². The lowest BCUT2D eigenvalue weighted by Crippen LogP contribution is -2.48. The second-order valence-electron chi connectivity index (χ2n) is 3.25.